The highest BCUT2D eigenvalue weighted by Crippen LogP contribution is 2.34. The molecule has 2 aliphatic heterocycles. The third-order valence-electron chi connectivity index (χ3n) is 4.71. The Bertz CT molecular complexity index is 657. The summed E-state index contributed by atoms with van der Waals surface area (Å²) in [4.78, 5) is 14.3. The van der Waals surface area contributed by atoms with Crippen LogP contribution in [0.15, 0.2) is 35.6 Å². The Kier molecular flexibility index (Phi) is 5.14. The summed E-state index contributed by atoms with van der Waals surface area (Å²) < 4.78 is 13.6. The summed E-state index contributed by atoms with van der Waals surface area (Å²) in [6.07, 6.45) is 2.16. The molecule has 0 radical (unpaired) electrons. The van der Waals surface area contributed by atoms with Gasteiger partial charge in [0.05, 0.1) is 11.9 Å². The van der Waals surface area contributed by atoms with Gasteiger partial charge in [0.2, 0.25) is 0 Å². The third kappa shape index (κ3) is 3.82. The van der Waals surface area contributed by atoms with E-state index in [1.54, 1.807) is 12.1 Å². The Balaban J connectivity index is 1.65. The lowest BCUT2D eigenvalue weighted by molar-refractivity contribution is 0.0714. The Labute approximate surface area is 139 Å². The maximum absolute atomic E-state index is 12.0. The molecule has 6 heteroatoms. The molecule has 23 heavy (non-hydrogen) atoms. The lowest BCUT2D eigenvalue weighted by Crippen LogP contribution is -2.49. The van der Waals surface area contributed by atoms with Crippen molar-refractivity contribution in [3.63, 3.8) is 0 Å². The van der Waals surface area contributed by atoms with Gasteiger partial charge < -0.3 is 9.67 Å². The van der Waals surface area contributed by atoms with Gasteiger partial charge in [-0.25, -0.2) is 0 Å². The van der Waals surface area contributed by atoms with Crippen LogP contribution in [0, 0.1) is 5.92 Å². The first kappa shape index (κ1) is 16.6. The number of piperidine rings is 1. The van der Waals surface area contributed by atoms with Crippen molar-refractivity contribution in [2.75, 3.05) is 31.1 Å². The zero-order chi connectivity index (χ0) is 16.4. The summed E-state index contributed by atoms with van der Waals surface area (Å²) in [6, 6.07) is 5.50. The lowest BCUT2D eigenvalue weighted by Gasteiger charge is -2.43. The molecule has 0 amide bonds. The first-order valence-corrected chi connectivity index (χ1v) is 9.61. The topological polar surface area (TPSA) is 62.5 Å². The van der Waals surface area contributed by atoms with Crippen molar-refractivity contribution >= 4 is 10.8 Å². The Morgan fingerprint density at radius 3 is 3.00 bits per heavy atom. The Hall–Kier alpha value is -1.24. The molecule has 5 nitrogen and oxygen atoms in total. The Morgan fingerprint density at radius 1 is 1.39 bits per heavy atom. The van der Waals surface area contributed by atoms with Crippen LogP contribution in [0.2, 0.25) is 0 Å². The minimum absolute atomic E-state index is 0.0884. The van der Waals surface area contributed by atoms with E-state index >= 15 is 0 Å². The van der Waals surface area contributed by atoms with E-state index in [4.69, 9.17) is 0 Å². The molecule has 1 aromatic rings. The van der Waals surface area contributed by atoms with Crippen molar-refractivity contribution in [2.45, 2.75) is 25.0 Å². The number of aromatic nitrogens is 1. The van der Waals surface area contributed by atoms with E-state index in [-0.39, 0.29) is 5.56 Å². The van der Waals surface area contributed by atoms with Gasteiger partial charge in [-0.1, -0.05) is 12.1 Å². The van der Waals surface area contributed by atoms with Gasteiger partial charge in [0.25, 0.3) is 5.56 Å². The molecule has 126 valence electrons. The molecular formula is C17H24N2O3S. The molecule has 4 atom stereocenters. The molecule has 0 saturated carbocycles. The van der Waals surface area contributed by atoms with Crippen LogP contribution in [-0.4, -0.2) is 56.0 Å². The van der Waals surface area contributed by atoms with Gasteiger partial charge in [-0.05, 0) is 18.4 Å². The van der Waals surface area contributed by atoms with Crippen molar-refractivity contribution in [2.24, 2.45) is 5.92 Å². The predicted molar refractivity (Wildman–Crippen MR) is 92.1 cm³/mol. The molecule has 3 heterocycles. The predicted octanol–water partition coefficient (Wildman–Crippen LogP) is 0.563. The largest absolute Gasteiger partial charge is 0.391 e. The molecule has 3 rings (SSSR count). The highest BCUT2D eigenvalue weighted by atomic mass is 32.2. The fourth-order valence-corrected chi connectivity index (χ4v) is 4.84. The first-order chi connectivity index (χ1) is 11.1. The van der Waals surface area contributed by atoms with Gasteiger partial charge in [0, 0.05) is 60.4 Å². The van der Waals surface area contributed by atoms with E-state index in [0.717, 1.165) is 31.7 Å². The van der Waals surface area contributed by atoms with E-state index in [2.05, 4.69) is 11.5 Å². The first-order valence-electron chi connectivity index (χ1n) is 8.13. The number of pyridine rings is 1. The van der Waals surface area contributed by atoms with Gasteiger partial charge in [0.1, 0.15) is 0 Å². The van der Waals surface area contributed by atoms with Crippen LogP contribution in [0.25, 0.3) is 0 Å². The van der Waals surface area contributed by atoms with Crippen LogP contribution in [-0.2, 0) is 17.3 Å². The number of β-amino-alcohol motifs (C(OH)–C–C–N with tert-alkyl or cyclic N) is 1. The van der Waals surface area contributed by atoms with Crippen LogP contribution in [0.1, 0.15) is 18.0 Å². The molecule has 0 unspecified atom stereocenters. The monoisotopic (exact) mass is 336 g/mol. The van der Waals surface area contributed by atoms with Crippen LogP contribution in [0.3, 0.4) is 0 Å². The van der Waals surface area contributed by atoms with E-state index in [0.29, 0.717) is 29.9 Å². The summed E-state index contributed by atoms with van der Waals surface area (Å²) in [5.74, 6) is 1.53. The van der Waals surface area contributed by atoms with E-state index in [1.807, 2.05) is 16.7 Å². The number of fused-ring (bicyclic) bond motifs is 4. The number of aliphatic hydroxyl groups excluding tert-OH is 1. The van der Waals surface area contributed by atoms with Crippen LogP contribution < -0.4 is 5.56 Å². The standard InChI is InChI=1S/C17H24N2O3S/c1-2-6-23(22)12-15(20)11-18-8-13-7-14(10-18)16-4-3-5-17(21)19(16)9-13/h2-5,13-15,20H,1,6-12H2/t13-,14+,15+,23+/m0/s1. The zero-order valence-electron chi connectivity index (χ0n) is 13.3. The summed E-state index contributed by atoms with van der Waals surface area (Å²) in [7, 11) is -1.04. The SMILES string of the molecule is C=CC[S@@](=O)C[C@H](O)CN1C[C@@H]2C[C@H](C1)c1cccc(=O)n1C2. The number of nitrogens with zero attached hydrogens (tertiary/aromatic N) is 2. The van der Waals surface area contributed by atoms with Crippen molar-refractivity contribution in [1.82, 2.24) is 9.47 Å². The molecule has 1 fully saturated rings. The average molecular weight is 336 g/mol. The minimum Gasteiger partial charge on any atom is -0.391 e. The quantitative estimate of drug-likeness (QED) is 0.771. The normalized spacial score (nSPS) is 26.3. The molecule has 2 aliphatic rings. The fraction of sp³-hybridized carbons (Fsp3) is 0.588. The van der Waals surface area contributed by atoms with E-state index in [9.17, 15) is 14.1 Å². The summed E-state index contributed by atoms with van der Waals surface area (Å²) in [5, 5.41) is 10.2. The minimum atomic E-state index is -1.04. The average Bonchev–Trinajstić information content (AvgIpc) is 2.48. The molecular weight excluding hydrogens is 312 g/mol. The molecule has 2 bridgehead atoms. The second-order valence-electron chi connectivity index (χ2n) is 6.63. The van der Waals surface area contributed by atoms with Crippen molar-refractivity contribution in [3.05, 3.63) is 46.9 Å². The second kappa shape index (κ2) is 7.11. The van der Waals surface area contributed by atoms with Gasteiger partial charge in [-0.15, -0.1) is 6.58 Å². The van der Waals surface area contributed by atoms with Gasteiger partial charge in [-0.2, -0.15) is 0 Å². The van der Waals surface area contributed by atoms with Crippen molar-refractivity contribution in [1.29, 1.82) is 0 Å². The molecule has 1 N–H and O–H groups in total. The number of likely N-dealkylation sites (tertiary alicyclic amines) is 1. The molecule has 0 aromatic carbocycles. The fourth-order valence-electron chi connectivity index (χ4n) is 3.91. The highest BCUT2D eigenvalue weighted by molar-refractivity contribution is 7.85. The summed E-state index contributed by atoms with van der Waals surface area (Å²) in [5.41, 5.74) is 1.20. The maximum Gasteiger partial charge on any atom is 0.250 e. The summed E-state index contributed by atoms with van der Waals surface area (Å²) in [6.45, 7) is 6.63. The van der Waals surface area contributed by atoms with E-state index in [1.165, 1.54) is 0 Å². The molecule has 0 spiro atoms. The smallest absolute Gasteiger partial charge is 0.250 e. The van der Waals surface area contributed by atoms with Crippen LogP contribution in [0.5, 0.6) is 0 Å². The number of aliphatic hydroxyl groups is 1. The Morgan fingerprint density at radius 2 is 2.22 bits per heavy atom. The van der Waals surface area contributed by atoms with Gasteiger partial charge in [0.15, 0.2) is 0 Å². The molecule has 0 aliphatic carbocycles. The van der Waals surface area contributed by atoms with E-state index < -0.39 is 16.9 Å². The maximum atomic E-state index is 12.0. The number of hydrogen-bond donors (Lipinski definition) is 1. The number of hydrogen-bond acceptors (Lipinski definition) is 4. The molecule has 1 saturated heterocycles. The van der Waals surface area contributed by atoms with Crippen molar-refractivity contribution in [3.8, 4) is 0 Å². The van der Waals surface area contributed by atoms with Crippen LogP contribution >= 0.6 is 0 Å². The second-order valence-corrected chi connectivity index (χ2v) is 8.18. The van der Waals surface area contributed by atoms with Gasteiger partial charge >= 0.3 is 0 Å². The van der Waals surface area contributed by atoms with Crippen molar-refractivity contribution < 1.29 is 9.32 Å². The van der Waals surface area contributed by atoms with Gasteiger partial charge in [-0.3, -0.25) is 13.9 Å². The molecule has 1 aromatic heterocycles. The number of rotatable bonds is 6. The third-order valence-corrected chi connectivity index (χ3v) is 6.07. The van der Waals surface area contributed by atoms with Crippen LogP contribution in [0.4, 0.5) is 0 Å². The summed E-state index contributed by atoms with van der Waals surface area (Å²) >= 11 is 0. The highest BCUT2D eigenvalue weighted by Gasteiger charge is 2.34. The zero-order valence-corrected chi connectivity index (χ0v) is 14.1. The lowest BCUT2D eigenvalue weighted by atomic mass is 9.83.